The molecular formula is C6H3Cl2N3O3. The topological polar surface area (TPSA) is 86.0 Å². The van der Waals surface area contributed by atoms with Gasteiger partial charge in [0, 0.05) is 6.92 Å². The molecule has 0 fully saturated rings. The van der Waals surface area contributed by atoms with Gasteiger partial charge in [0.2, 0.25) is 10.4 Å². The highest BCUT2D eigenvalue weighted by Gasteiger charge is 2.25. The standard InChI is InChI=1S/C6H3Cl2N3O3/c1-2(12)3-4(11(13)14)5(7)10-6(8)9-3/h1H3. The highest BCUT2D eigenvalue weighted by Crippen LogP contribution is 2.26. The van der Waals surface area contributed by atoms with E-state index in [9.17, 15) is 14.9 Å². The Labute approximate surface area is 88.0 Å². The lowest BCUT2D eigenvalue weighted by molar-refractivity contribution is -0.385. The number of ketones is 1. The lowest BCUT2D eigenvalue weighted by Crippen LogP contribution is -2.05. The molecule has 0 aliphatic rings. The third-order valence-corrected chi connectivity index (χ3v) is 1.76. The maximum absolute atomic E-state index is 11.0. The molecule has 0 atom stereocenters. The van der Waals surface area contributed by atoms with Crippen molar-refractivity contribution in [2.75, 3.05) is 0 Å². The first-order chi connectivity index (χ1) is 6.43. The Kier molecular flexibility index (Phi) is 2.97. The van der Waals surface area contributed by atoms with Crippen molar-refractivity contribution in [1.82, 2.24) is 9.97 Å². The van der Waals surface area contributed by atoms with Gasteiger partial charge >= 0.3 is 5.69 Å². The summed E-state index contributed by atoms with van der Waals surface area (Å²) in [5, 5.41) is 9.76. The lowest BCUT2D eigenvalue weighted by atomic mass is 10.2. The van der Waals surface area contributed by atoms with Crippen molar-refractivity contribution in [3.05, 3.63) is 26.2 Å². The molecule has 1 rings (SSSR count). The van der Waals surface area contributed by atoms with Gasteiger partial charge in [0.15, 0.2) is 11.5 Å². The van der Waals surface area contributed by atoms with E-state index in [1.165, 1.54) is 0 Å². The van der Waals surface area contributed by atoms with Crippen LogP contribution in [0, 0.1) is 10.1 Å². The molecule has 1 aromatic heterocycles. The van der Waals surface area contributed by atoms with Gasteiger partial charge in [0.25, 0.3) is 0 Å². The molecule has 74 valence electrons. The Hall–Kier alpha value is -1.27. The lowest BCUT2D eigenvalue weighted by Gasteiger charge is -1.99. The van der Waals surface area contributed by atoms with Crippen LogP contribution in [0.15, 0.2) is 0 Å². The molecule has 0 amide bonds. The summed E-state index contributed by atoms with van der Waals surface area (Å²) in [5.74, 6) is -0.595. The van der Waals surface area contributed by atoms with Crippen molar-refractivity contribution in [1.29, 1.82) is 0 Å². The largest absolute Gasteiger partial charge is 0.335 e. The van der Waals surface area contributed by atoms with Crippen LogP contribution in [0.4, 0.5) is 5.69 Å². The Morgan fingerprint density at radius 1 is 1.43 bits per heavy atom. The minimum Gasteiger partial charge on any atom is -0.292 e. The summed E-state index contributed by atoms with van der Waals surface area (Å²) in [7, 11) is 0. The fourth-order valence-corrected chi connectivity index (χ4v) is 1.26. The van der Waals surface area contributed by atoms with Gasteiger partial charge in [0.05, 0.1) is 4.92 Å². The third-order valence-electron chi connectivity index (χ3n) is 1.33. The number of carbonyl (C=O) groups excluding carboxylic acids is 1. The van der Waals surface area contributed by atoms with E-state index in [4.69, 9.17) is 23.2 Å². The SMILES string of the molecule is CC(=O)c1nc(Cl)nc(Cl)c1[N+](=O)[O-]. The quantitative estimate of drug-likeness (QED) is 0.257. The number of nitrogens with zero attached hydrogens (tertiary/aromatic N) is 3. The van der Waals surface area contributed by atoms with Crippen LogP contribution in [0.2, 0.25) is 10.4 Å². The van der Waals surface area contributed by atoms with Crippen molar-refractivity contribution < 1.29 is 9.72 Å². The number of hydrogen-bond acceptors (Lipinski definition) is 5. The average Bonchev–Trinajstić information content (AvgIpc) is 2.01. The molecule has 0 aliphatic carbocycles. The van der Waals surface area contributed by atoms with E-state index < -0.39 is 21.5 Å². The summed E-state index contributed by atoms with van der Waals surface area (Å²) in [6.07, 6.45) is 0. The molecular weight excluding hydrogens is 233 g/mol. The minimum atomic E-state index is -0.824. The molecule has 0 saturated carbocycles. The fourth-order valence-electron chi connectivity index (χ4n) is 0.809. The fraction of sp³-hybridized carbons (Fsp3) is 0.167. The number of hydrogen-bond donors (Lipinski definition) is 0. The van der Waals surface area contributed by atoms with Crippen LogP contribution < -0.4 is 0 Å². The monoisotopic (exact) mass is 235 g/mol. The van der Waals surface area contributed by atoms with Gasteiger partial charge < -0.3 is 0 Å². The molecule has 0 spiro atoms. The molecule has 0 N–H and O–H groups in total. The Balaban J connectivity index is 3.52. The Morgan fingerprint density at radius 3 is 2.43 bits per heavy atom. The summed E-state index contributed by atoms with van der Waals surface area (Å²) in [5.41, 5.74) is -1.01. The molecule has 6 nitrogen and oxygen atoms in total. The zero-order valence-corrected chi connectivity index (χ0v) is 8.33. The first-order valence-corrected chi connectivity index (χ1v) is 4.07. The molecule has 0 aromatic carbocycles. The number of halogens is 2. The molecule has 0 unspecified atom stereocenters. The summed E-state index contributed by atoms with van der Waals surface area (Å²) in [6.45, 7) is 1.13. The molecule has 1 aromatic rings. The van der Waals surface area contributed by atoms with Gasteiger partial charge in [-0.2, -0.15) is 4.98 Å². The molecule has 0 saturated heterocycles. The number of Topliss-reactive ketones (excluding diaryl/α,β-unsaturated/α-hetero) is 1. The second kappa shape index (κ2) is 3.85. The molecule has 1 heterocycles. The van der Waals surface area contributed by atoms with Gasteiger partial charge in [-0.3, -0.25) is 14.9 Å². The van der Waals surface area contributed by atoms with Crippen molar-refractivity contribution in [2.24, 2.45) is 0 Å². The Morgan fingerprint density at radius 2 is 2.00 bits per heavy atom. The van der Waals surface area contributed by atoms with Crippen LogP contribution in [0.3, 0.4) is 0 Å². The minimum absolute atomic E-state index is 0.300. The smallest absolute Gasteiger partial charge is 0.292 e. The van der Waals surface area contributed by atoms with Crippen LogP contribution in [-0.4, -0.2) is 20.7 Å². The van der Waals surface area contributed by atoms with Gasteiger partial charge in [0.1, 0.15) is 0 Å². The number of rotatable bonds is 2. The predicted molar refractivity (Wildman–Crippen MR) is 48.7 cm³/mol. The van der Waals surface area contributed by atoms with Crippen LogP contribution in [0.5, 0.6) is 0 Å². The molecule has 0 aliphatic heterocycles. The van der Waals surface area contributed by atoms with Crippen molar-refractivity contribution >= 4 is 34.7 Å². The van der Waals surface area contributed by atoms with Crippen LogP contribution in [0.1, 0.15) is 17.4 Å². The third kappa shape index (κ3) is 1.97. The van der Waals surface area contributed by atoms with E-state index in [0.29, 0.717) is 0 Å². The molecule has 0 bridgehead atoms. The zero-order chi connectivity index (χ0) is 10.9. The average molecular weight is 236 g/mol. The molecule has 8 heteroatoms. The summed E-state index contributed by atoms with van der Waals surface area (Å²) < 4.78 is 0. The maximum Gasteiger partial charge on any atom is 0.335 e. The van der Waals surface area contributed by atoms with E-state index in [1.807, 2.05) is 0 Å². The summed E-state index contributed by atoms with van der Waals surface area (Å²) >= 11 is 10.8. The summed E-state index contributed by atoms with van der Waals surface area (Å²) in [4.78, 5) is 27.4. The Bertz CT molecular complexity index is 421. The van der Waals surface area contributed by atoms with Gasteiger partial charge in [-0.15, -0.1) is 0 Å². The second-order valence-corrected chi connectivity index (χ2v) is 2.99. The van der Waals surface area contributed by atoms with E-state index >= 15 is 0 Å². The highest BCUT2D eigenvalue weighted by atomic mass is 35.5. The predicted octanol–water partition coefficient (Wildman–Crippen LogP) is 1.89. The zero-order valence-electron chi connectivity index (χ0n) is 6.82. The number of carbonyl (C=O) groups is 1. The van der Waals surface area contributed by atoms with Crippen molar-refractivity contribution in [3.8, 4) is 0 Å². The van der Waals surface area contributed by atoms with Crippen molar-refractivity contribution in [2.45, 2.75) is 6.92 Å². The van der Waals surface area contributed by atoms with Gasteiger partial charge in [-0.25, -0.2) is 4.98 Å². The summed E-state index contributed by atoms with van der Waals surface area (Å²) in [6, 6.07) is 0. The molecule has 0 radical (unpaired) electrons. The van der Waals surface area contributed by atoms with E-state index in [-0.39, 0.29) is 11.0 Å². The van der Waals surface area contributed by atoms with E-state index in [1.54, 1.807) is 0 Å². The van der Waals surface area contributed by atoms with Gasteiger partial charge in [-0.05, 0) is 11.6 Å². The molecule has 14 heavy (non-hydrogen) atoms. The van der Waals surface area contributed by atoms with Gasteiger partial charge in [-0.1, -0.05) is 11.6 Å². The van der Waals surface area contributed by atoms with Crippen LogP contribution in [0.25, 0.3) is 0 Å². The van der Waals surface area contributed by atoms with Crippen LogP contribution in [-0.2, 0) is 0 Å². The first-order valence-electron chi connectivity index (χ1n) is 3.32. The number of nitro groups is 1. The van der Waals surface area contributed by atoms with Crippen molar-refractivity contribution in [3.63, 3.8) is 0 Å². The first kappa shape index (κ1) is 10.8. The van der Waals surface area contributed by atoms with E-state index in [0.717, 1.165) is 6.92 Å². The van der Waals surface area contributed by atoms with Crippen LogP contribution >= 0.6 is 23.2 Å². The number of aromatic nitrogens is 2. The highest BCUT2D eigenvalue weighted by molar-refractivity contribution is 6.34. The second-order valence-electron chi connectivity index (χ2n) is 2.29. The maximum atomic E-state index is 11.0. The normalized spacial score (nSPS) is 9.93. The van der Waals surface area contributed by atoms with E-state index in [2.05, 4.69) is 9.97 Å².